The zero-order valence-corrected chi connectivity index (χ0v) is 10.7. The number of carbonyl (C=O) groups is 1. The number of esters is 1. The van der Waals surface area contributed by atoms with Gasteiger partial charge in [0.2, 0.25) is 0 Å². The molecule has 0 heterocycles. The molecule has 0 aliphatic heterocycles. The molecule has 0 aliphatic carbocycles. The van der Waals surface area contributed by atoms with Crippen molar-refractivity contribution in [3.05, 3.63) is 23.8 Å². The Morgan fingerprint density at radius 2 is 1.88 bits per heavy atom. The highest BCUT2D eigenvalue weighted by Crippen LogP contribution is 2.33. The van der Waals surface area contributed by atoms with E-state index in [1.165, 1.54) is 21.3 Å². The average Bonchev–Trinajstić information content (AvgIpc) is 2.35. The number of benzene rings is 1. The lowest BCUT2D eigenvalue weighted by Crippen LogP contribution is -2.23. The van der Waals surface area contributed by atoms with Gasteiger partial charge in [0.05, 0.1) is 21.3 Å². The van der Waals surface area contributed by atoms with E-state index in [0.717, 1.165) is 0 Å². The number of halogens is 1. The van der Waals surface area contributed by atoms with Gasteiger partial charge in [-0.15, -0.1) is 12.4 Å². The summed E-state index contributed by atoms with van der Waals surface area (Å²) in [7, 11) is 4.30. The zero-order valence-electron chi connectivity index (χ0n) is 9.93. The Labute approximate surface area is 106 Å². The molecule has 1 aromatic carbocycles. The summed E-state index contributed by atoms with van der Waals surface area (Å²) in [5.74, 6) is 0.453. The lowest BCUT2D eigenvalue weighted by Gasteiger charge is -2.15. The fraction of sp³-hybridized carbons (Fsp3) is 0.364. The summed E-state index contributed by atoms with van der Waals surface area (Å²) in [5.41, 5.74) is 6.27. The molecular weight excluding hydrogens is 246 g/mol. The van der Waals surface area contributed by atoms with Gasteiger partial charge in [0.1, 0.15) is 6.04 Å². The van der Waals surface area contributed by atoms with Gasteiger partial charge in [-0.2, -0.15) is 0 Å². The van der Waals surface area contributed by atoms with Gasteiger partial charge in [-0.25, -0.2) is 0 Å². The Balaban J connectivity index is 0.00000256. The number of ether oxygens (including phenoxy) is 3. The van der Waals surface area contributed by atoms with Crippen molar-refractivity contribution < 1.29 is 19.0 Å². The van der Waals surface area contributed by atoms with Crippen molar-refractivity contribution in [3.63, 3.8) is 0 Å². The van der Waals surface area contributed by atoms with Crippen molar-refractivity contribution >= 4 is 18.4 Å². The third kappa shape index (κ3) is 3.25. The lowest BCUT2D eigenvalue weighted by atomic mass is 10.1. The second-order valence-electron chi connectivity index (χ2n) is 3.08. The minimum Gasteiger partial charge on any atom is -0.493 e. The molecule has 0 bridgehead atoms. The van der Waals surface area contributed by atoms with Gasteiger partial charge < -0.3 is 19.9 Å². The second-order valence-corrected chi connectivity index (χ2v) is 3.08. The van der Waals surface area contributed by atoms with E-state index in [9.17, 15) is 4.79 Å². The van der Waals surface area contributed by atoms with E-state index >= 15 is 0 Å². The first-order valence-electron chi connectivity index (χ1n) is 4.70. The molecule has 0 saturated heterocycles. The first-order chi connectivity index (χ1) is 7.65. The molecule has 0 unspecified atom stereocenters. The van der Waals surface area contributed by atoms with Crippen LogP contribution in [0.25, 0.3) is 0 Å². The molecule has 5 nitrogen and oxygen atoms in total. The van der Waals surface area contributed by atoms with Gasteiger partial charge in [-0.1, -0.05) is 12.1 Å². The topological polar surface area (TPSA) is 70.8 Å². The van der Waals surface area contributed by atoms with Crippen LogP contribution in [0.4, 0.5) is 0 Å². The van der Waals surface area contributed by atoms with Gasteiger partial charge in [-0.3, -0.25) is 4.79 Å². The highest BCUT2D eigenvalue weighted by molar-refractivity contribution is 5.85. The van der Waals surface area contributed by atoms with E-state index in [0.29, 0.717) is 17.1 Å². The Hall–Kier alpha value is -1.46. The van der Waals surface area contributed by atoms with E-state index in [-0.39, 0.29) is 12.4 Å². The van der Waals surface area contributed by atoms with E-state index in [2.05, 4.69) is 4.74 Å². The van der Waals surface area contributed by atoms with E-state index in [1.807, 2.05) is 0 Å². The number of hydrogen-bond acceptors (Lipinski definition) is 5. The van der Waals surface area contributed by atoms with Gasteiger partial charge in [0.15, 0.2) is 11.5 Å². The Morgan fingerprint density at radius 3 is 2.35 bits per heavy atom. The predicted molar refractivity (Wildman–Crippen MR) is 65.7 cm³/mol. The summed E-state index contributed by atoms with van der Waals surface area (Å²) in [4.78, 5) is 11.3. The van der Waals surface area contributed by atoms with E-state index in [1.54, 1.807) is 18.2 Å². The minimum absolute atomic E-state index is 0. The number of rotatable bonds is 4. The highest BCUT2D eigenvalue weighted by Gasteiger charge is 2.22. The van der Waals surface area contributed by atoms with E-state index in [4.69, 9.17) is 15.2 Å². The van der Waals surface area contributed by atoms with Crippen LogP contribution in [-0.4, -0.2) is 27.3 Å². The molecule has 1 rings (SSSR count). The normalized spacial score (nSPS) is 11.1. The Morgan fingerprint density at radius 1 is 1.24 bits per heavy atom. The van der Waals surface area contributed by atoms with Crippen LogP contribution >= 0.6 is 12.4 Å². The molecule has 0 radical (unpaired) electrons. The number of carbonyl (C=O) groups excluding carboxylic acids is 1. The van der Waals surface area contributed by atoms with E-state index < -0.39 is 12.0 Å². The molecular formula is C11H16ClNO4. The summed E-state index contributed by atoms with van der Waals surface area (Å²) >= 11 is 0. The first kappa shape index (κ1) is 15.5. The Bertz CT molecular complexity index is 384. The van der Waals surface area contributed by atoms with Gasteiger partial charge in [-0.05, 0) is 6.07 Å². The van der Waals surface area contributed by atoms with Crippen molar-refractivity contribution in [2.75, 3.05) is 21.3 Å². The second kappa shape index (κ2) is 6.98. The van der Waals surface area contributed by atoms with Crippen LogP contribution < -0.4 is 15.2 Å². The van der Waals surface area contributed by atoms with Crippen molar-refractivity contribution in [2.45, 2.75) is 6.04 Å². The standard InChI is InChI=1S/C11H15NO4.ClH/c1-14-8-6-4-5-7(10(8)15-2)9(12)11(13)16-3;/h4-6,9H,12H2,1-3H3;1H/t9-;/m0./s1. The summed E-state index contributed by atoms with van der Waals surface area (Å²) in [6.07, 6.45) is 0. The quantitative estimate of drug-likeness (QED) is 0.827. The molecule has 0 saturated carbocycles. The fourth-order valence-corrected chi connectivity index (χ4v) is 1.41. The highest BCUT2D eigenvalue weighted by atomic mass is 35.5. The maximum Gasteiger partial charge on any atom is 0.327 e. The summed E-state index contributed by atoms with van der Waals surface area (Å²) in [6, 6.07) is 4.28. The van der Waals surface area contributed by atoms with Gasteiger partial charge >= 0.3 is 5.97 Å². The average molecular weight is 262 g/mol. The summed E-state index contributed by atoms with van der Waals surface area (Å²) in [6.45, 7) is 0. The monoisotopic (exact) mass is 261 g/mol. The molecule has 1 atom stereocenters. The fourth-order valence-electron chi connectivity index (χ4n) is 1.41. The number of para-hydroxylation sites is 1. The number of methoxy groups -OCH3 is 3. The summed E-state index contributed by atoms with van der Waals surface area (Å²) < 4.78 is 14.9. The SMILES string of the molecule is COC(=O)[C@@H](N)c1cccc(OC)c1OC.Cl. The maximum absolute atomic E-state index is 11.3. The van der Waals surface area contributed by atoms with Crippen LogP contribution in [-0.2, 0) is 9.53 Å². The Kier molecular flexibility index (Phi) is 6.38. The molecule has 0 aliphatic rings. The van der Waals surface area contributed by atoms with Crippen molar-refractivity contribution in [3.8, 4) is 11.5 Å². The van der Waals surface area contributed by atoms with Crippen molar-refractivity contribution in [1.82, 2.24) is 0 Å². The van der Waals surface area contributed by atoms with Crippen LogP contribution in [0.5, 0.6) is 11.5 Å². The minimum atomic E-state index is -0.880. The van der Waals surface area contributed by atoms with Crippen molar-refractivity contribution in [2.24, 2.45) is 5.73 Å². The number of nitrogens with two attached hydrogens (primary N) is 1. The smallest absolute Gasteiger partial charge is 0.327 e. The zero-order chi connectivity index (χ0) is 12.1. The summed E-state index contributed by atoms with van der Waals surface area (Å²) in [5, 5.41) is 0. The molecule has 6 heteroatoms. The maximum atomic E-state index is 11.3. The molecule has 0 amide bonds. The van der Waals surface area contributed by atoms with Crippen LogP contribution in [0.2, 0.25) is 0 Å². The molecule has 17 heavy (non-hydrogen) atoms. The predicted octanol–water partition coefficient (Wildman–Crippen LogP) is 1.30. The van der Waals surface area contributed by atoms with Crippen molar-refractivity contribution in [1.29, 1.82) is 0 Å². The molecule has 2 N–H and O–H groups in total. The lowest BCUT2D eigenvalue weighted by molar-refractivity contribution is -0.142. The van der Waals surface area contributed by atoms with Gasteiger partial charge in [0, 0.05) is 5.56 Å². The van der Waals surface area contributed by atoms with Crippen LogP contribution in [0.1, 0.15) is 11.6 Å². The van der Waals surface area contributed by atoms with Gasteiger partial charge in [0.25, 0.3) is 0 Å². The van der Waals surface area contributed by atoms with Crippen LogP contribution in [0.3, 0.4) is 0 Å². The molecule has 0 fully saturated rings. The molecule has 0 spiro atoms. The third-order valence-corrected chi connectivity index (χ3v) is 2.22. The number of hydrogen-bond donors (Lipinski definition) is 1. The largest absolute Gasteiger partial charge is 0.493 e. The third-order valence-electron chi connectivity index (χ3n) is 2.22. The molecule has 1 aromatic rings. The van der Waals surface area contributed by atoms with Crippen LogP contribution in [0.15, 0.2) is 18.2 Å². The first-order valence-corrected chi connectivity index (χ1v) is 4.70. The molecule has 96 valence electrons. The molecule has 0 aromatic heterocycles. The van der Waals surface area contributed by atoms with Crippen LogP contribution in [0, 0.1) is 0 Å².